The van der Waals surface area contributed by atoms with E-state index >= 15 is 0 Å². The van der Waals surface area contributed by atoms with Crippen molar-refractivity contribution in [2.45, 2.75) is 50.5 Å². The summed E-state index contributed by atoms with van der Waals surface area (Å²) in [5.41, 5.74) is 6.92. The molecule has 132 valence electrons. The molecule has 1 aromatic rings. The lowest BCUT2D eigenvalue weighted by atomic mass is 9.91. The smallest absolute Gasteiger partial charge is 0.248 e. The van der Waals surface area contributed by atoms with E-state index in [-0.39, 0.29) is 36.5 Å². The Bertz CT molecular complexity index is 620. The Morgan fingerprint density at radius 1 is 1.29 bits per heavy atom. The number of phenols is 1. The molecule has 1 amide bonds. The fourth-order valence-corrected chi connectivity index (χ4v) is 4.05. The number of likely N-dealkylation sites (tertiary alicyclic amines) is 1. The molecule has 3 rings (SSSR count). The van der Waals surface area contributed by atoms with Gasteiger partial charge in [-0.1, -0.05) is 11.6 Å². The molecule has 0 spiro atoms. The molecule has 4 nitrogen and oxygen atoms in total. The molecule has 0 bridgehead atoms. The van der Waals surface area contributed by atoms with Crippen LogP contribution in [0.25, 0.3) is 0 Å². The number of nitrogens with zero attached hydrogens (tertiary/aromatic N) is 1. The molecule has 24 heavy (non-hydrogen) atoms. The van der Waals surface area contributed by atoms with E-state index in [1.807, 2.05) is 0 Å². The number of rotatable bonds is 3. The maximum absolute atomic E-state index is 13.3. The van der Waals surface area contributed by atoms with Crippen LogP contribution in [0.2, 0.25) is 5.02 Å². The van der Waals surface area contributed by atoms with Gasteiger partial charge in [-0.15, -0.1) is 0 Å². The van der Waals surface area contributed by atoms with Crippen molar-refractivity contribution in [3.8, 4) is 5.75 Å². The largest absolute Gasteiger partial charge is 0.508 e. The predicted octanol–water partition coefficient (Wildman–Crippen LogP) is 3.60. The number of benzene rings is 1. The molecule has 1 saturated carbocycles. The van der Waals surface area contributed by atoms with Gasteiger partial charge in [0.1, 0.15) is 5.75 Å². The van der Waals surface area contributed by atoms with Crippen LogP contribution in [0.3, 0.4) is 0 Å². The number of amides is 1. The lowest BCUT2D eigenvalue weighted by Crippen LogP contribution is -2.42. The maximum atomic E-state index is 13.3. The Hall–Kier alpha value is -1.56. The van der Waals surface area contributed by atoms with Gasteiger partial charge < -0.3 is 15.7 Å². The first-order chi connectivity index (χ1) is 11.3. The number of alkyl halides is 2. The minimum atomic E-state index is -2.59. The van der Waals surface area contributed by atoms with Crippen LogP contribution in [0, 0.1) is 5.92 Å². The number of halogens is 3. The van der Waals surface area contributed by atoms with Crippen molar-refractivity contribution in [3.05, 3.63) is 22.7 Å². The molecule has 0 unspecified atom stereocenters. The van der Waals surface area contributed by atoms with E-state index in [1.54, 1.807) is 4.90 Å². The van der Waals surface area contributed by atoms with Gasteiger partial charge in [-0.25, -0.2) is 8.78 Å². The Morgan fingerprint density at radius 2 is 1.96 bits per heavy atom. The van der Waals surface area contributed by atoms with E-state index in [2.05, 4.69) is 0 Å². The number of nitrogens with two attached hydrogens (primary N) is 1. The second kappa shape index (κ2) is 6.39. The molecule has 7 heteroatoms. The number of nitrogen functional groups attached to an aromatic ring is 1. The number of phenolic OH excluding ortho intramolecular Hbond substituents is 1. The molecule has 3 N–H and O–H groups in total. The Morgan fingerprint density at radius 3 is 2.58 bits per heavy atom. The monoisotopic (exact) mass is 358 g/mol. The van der Waals surface area contributed by atoms with Crippen LogP contribution in [0.5, 0.6) is 5.75 Å². The number of hydrogen-bond acceptors (Lipinski definition) is 3. The van der Waals surface area contributed by atoms with Crippen molar-refractivity contribution in [1.82, 2.24) is 4.90 Å². The highest BCUT2D eigenvalue weighted by Gasteiger charge is 2.41. The third-order valence-electron chi connectivity index (χ3n) is 5.14. The van der Waals surface area contributed by atoms with Gasteiger partial charge in [0, 0.05) is 48.1 Å². The molecular formula is C17H21ClF2N2O2. The standard InChI is InChI=1S/C17H21ClF2N2O2/c18-14-8-12(23)9-15(21)13(14)7-10-3-6-22(16(10)24)11-1-4-17(19,20)5-2-11/h8-11,23H,1-7,21H2/t10-/m0/s1. The normalized spacial score (nSPS) is 24.5. The summed E-state index contributed by atoms with van der Waals surface area (Å²) in [5.74, 6) is -2.85. The summed E-state index contributed by atoms with van der Waals surface area (Å²) in [4.78, 5) is 14.4. The quantitative estimate of drug-likeness (QED) is 0.811. The molecule has 1 aliphatic carbocycles. The zero-order chi connectivity index (χ0) is 17.5. The van der Waals surface area contributed by atoms with E-state index in [9.17, 15) is 18.7 Å². The summed E-state index contributed by atoms with van der Waals surface area (Å²) in [5, 5.41) is 9.83. The van der Waals surface area contributed by atoms with Gasteiger partial charge in [0.05, 0.1) is 0 Å². The Labute approximate surface area is 144 Å². The van der Waals surface area contributed by atoms with Crippen LogP contribution >= 0.6 is 11.6 Å². The van der Waals surface area contributed by atoms with Crippen LogP contribution in [0.15, 0.2) is 12.1 Å². The molecular weight excluding hydrogens is 338 g/mol. The van der Waals surface area contributed by atoms with Gasteiger partial charge in [0.25, 0.3) is 0 Å². The maximum Gasteiger partial charge on any atom is 0.248 e. The van der Waals surface area contributed by atoms with E-state index in [1.165, 1.54) is 12.1 Å². The highest BCUT2D eigenvalue weighted by atomic mass is 35.5. The summed E-state index contributed by atoms with van der Waals surface area (Å²) in [7, 11) is 0. The van der Waals surface area contributed by atoms with E-state index < -0.39 is 5.92 Å². The lowest BCUT2D eigenvalue weighted by Gasteiger charge is -2.34. The average Bonchev–Trinajstić information content (AvgIpc) is 2.84. The second-order valence-electron chi connectivity index (χ2n) is 6.80. The predicted molar refractivity (Wildman–Crippen MR) is 88.3 cm³/mol. The minimum absolute atomic E-state index is 0.00578. The molecule has 1 aliphatic heterocycles. The van der Waals surface area contributed by atoms with E-state index in [0.717, 1.165) is 0 Å². The number of anilines is 1. The molecule has 1 saturated heterocycles. The third kappa shape index (κ3) is 3.43. The SMILES string of the molecule is Nc1cc(O)cc(Cl)c1C[C@@H]1CCN(C2CCC(F)(F)CC2)C1=O. The topological polar surface area (TPSA) is 66.6 Å². The van der Waals surface area contributed by atoms with Gasteiger partial charge >= 0.3 is 0 Å². The van der Waals surface area contributed by atoms with Crippen molar-refractivity contribution in [2.75, 3.05) is 12.3 Å². The van der Waals surface area contributed by atoms with Crippen molar-refractivity contribution < 1.29 is 18.7 Å². The van der Waals surface area contributed by atoms with Crippen LogP contribution in [0.4, 0.5) is 14.5 Å². The Balaban J connectivity index is 1.67. The van der Waals surface area contributed by atoms with Gasteiger partial charge in [-0.3, -0.25) is 4.79 Å². The van der Waals surface area contributed by atoms with Crippen molar-refractivity contribution in [2.24, 2.45) is 5.92 Å². The van der Waals surface area contributed by atoms with Crippen LogP contribution in [-0.4, -0.2) is 34.4 Å². The summed E-state index contributed by atoms with van der Waals surface area (Å²) in [6.07, 6.45) is 1.48. The molecule has 2 aliphatic rings. The van der Waals surface area contributed by atoms with Crippen molar-refractivity contribution >= 4 is 23.2 Å². The highest BCUT2D eigenvalue weighted by Crippen LogP contribution is 2.38. The first kappa shape index (κ1) is 17.3. The number of carbonyl (C=O) groups is 1. The van der Waals surface area contributed by atoms with Crippen LogP contribution in [0.1, 0.15) is 37.7 Å². The van der Waals surface area contributed by atoms with Gasteiger partial charge in [-0.2, -0.15) is 0 Å². The van der Waals surface area contributed by atoms with Crippen molar-refractivity contribution in [3.63, 3.8) is 0 Å². The molecule has 1 aromatic carbocycles. The number of aromatic hydroxyl groups is 1. The molecule has 0 aromatic heterocycles. The average molecular weight is 359 g/mol. The first-order valence-corrected chi connectivity index (χ1v) is 8.60. The zero-order valence-corrected chi connectivity index (χ0v) is 14.0. The molecule has 0 radical (unpaired) electrons. The van der Waals surface area contributed by atoms with Gasteiger partial charge in [0.15, 0.2) is 0 Å². The van der Waals surface area contributed by atoms with Crippen molar-refractivity contribution in [1.29, 1.82) is 0 Å². The summed E-state index contributed by atoms with van der Waals surface area (Å²) < 4.78 is 26.6. The van der Waals surface area contributed by atoms with Gasteiger partial charge in [-0.05, 0) is 37.3 Å². The number of hydrogen-bond donors (Lipinski definition) is 2. The summed E-state index contributed by atoms with van der Waals surface area (Å²) >= 11 is 6.13. The third-order valence-corrected chi connectivity index (χ3v) is 5.48. The number of carbonyl (C=O) groups excluding carboxylic acids is 1. The fourth-order valence-electron chi connectivity index (χ4n) is 3.76. The lowest BCUT2D eigenvalue weighted by molar-refractivity contribution is -0.135. The van der Waals surface area contributed by atoms with E-state index in [4.69, 9.17) is 17.3 Å². The minimum Gasteiger partial charge on any atom is -0.508 e. The second-order valence-corrected chi connectivity index (χ2v) is 7.21. The highest BCUT2D eigenvalue weighted by molar-refractivity contribution is 6.32. The van der Waals surface area contributed by atoms with Gasteiger partial charge in [0.2, 0.25) is 11.8 Å². The summed E-state index contributed by atoms with van der Waals surface area (Å²) in [6, 6.07) is 2.74. The molecule has 2 fully saturated rings. The van der Waals surface area contributed by atoms with E-state index in [0.29, 0.717) is 48.5 Å². The molecule has 1 atom stereocenters. The van der Waals surface area contributed by atoms with Crippen LogP contribution < -0.4 is 5.73 Å². The first-order valence-electron chi connectivity index (χ1n) is 8.22. The molecule has 1 heterocycles. The Kier molecular flexibility index (Phi) is 4.60. The fraction of sp³-hybridized carbons (Fsp3) is 0.588. The zero-order valence-electron chi connectivity index (χ0n) is 13.3. The van der Waals surface area contributed by atoms with Crippen LogP contribution in [-0.2, 0) is 11.2 Å². The summed E-state index contributed by atoms with van der Waals surface area (Å²) in [6.45, 7) is 0.593.